The zero-order valence-corrected chi connectivity index (χ0v) is 12.5. The summed E-state index contributed by atoms with van der Waals surface area (Å²) in [6, 6.07) is 2.25. The first-order valence-corrected chi connectivity index (χ1v) is 6.95. The summed E-state index contributed by atoms with van der Waals surface area (Å²) in [6.07, 6.45) is 0. The van der Waals surface area contributed by atoms with Crippen LogP contribution in [0.15, 0.2) is 6.07 Å². The first-order chi connectivity index (χ1) is 8.99. The number of hydrogen-bond acceptors (Lipinski definition) is 3. The van der Waals surface area contributed by atoms with E-state index in [2.05, 4.69) is 39.1 Å². The van der Waals surface area contributed by atoms with Crippen LogP contribution in [-0.4, -0.2) is 31.5 Å². The van der Waals surface area contributed by atoms with Crippen molar-refractivity contribution in [3.63, 3.8) is 0 Å². The Bertz CT molecular complexity index is 433. The van der Waals surface area contributed by atoms with Crippen molar-refractivity contribution in [3.05, 3.63) is 33.9 Å². The van der Waals surface area contributed by atoms with E-state index in [9.17, 15) is 5.11 Å². The maximum atomic E-state index is 9.41. The molecule has 19 heavy (non-hydrogen) atoms. The smallest absolute Gasteiger partial charge is 0.0579 e. The van der Waals surface area contributed by atoms with Crippen LogP contribution < -0.4 is 5.32 Å². The molecule has 1 aliphatic rings. The molecule has 0 unspecified atom stereocenters. The van der Waals surface area contributed by atoms with Crippen molar-refractivity contribution in [1.82, 2.24) is 5.32 Å². The minimum atomic E-state index is -0.0549. The van der Waals surface area contributed by atoms with Crippen molar-refractivity contribution < 1.29 is 9.84 Å². The molecule has 0 aromatic heterocycles. The van der Waals surface area contributed by atoms with Crippen LogP contribution in [0.4, 0.5) is 0 Å². The molecule has 0 saturated carbocycles. The van der Waals surface area contributed by atoms with Crippen molar-refractivity contribution in [1.29, 1.82) is 0 Å². The molecule has 0 aliphatic carbocycles. The summed E-state index contributed by atoms with van der Waals surface area (Å²) in [6.45, 7) is 11.9. The minimum Gasteiger partial charge on any atom is -0.396 e. The Balaban J connectivity index is 2.03. The second kappa shape index (κ2) is 5.61. The summed E-state index contributed by atoms with van der Waals surface area (Å²) < 4.78 is 5.22. The largest absolute Gasteiger partial charge is 0.396 e. The van der Waals surface area contributed by atoms with Gasteiger partial charge in [-0.25, -0.2) is 0 Å². The molecule has 3 heteroatoms. The van der Waals surface area contributed by atoms with E-state index in [0.717, 1.165) is 13.1 Å². The van der Waals surface area contributed by atoms with Gasteiger partial charge in [0.05, 0.1) is 25.2 Å². The number of aliphatic hydroxyl groups is 1. The molecule has 2 N–H and O–H groups in total. The van der Waals surface area contributed by atoms with Crippen molar-refractivity contribution in [3.8, 4) is 0 Å². The fourth-order valence-electron chi connectivity index (χ4n) is 2.66. The van der Waals surface area contributed by atoms with Crippen LogP contribution in [0.2, 0.25) is 0 Å². The number of nitrogens with one attached hydrogen (secondary N) is 1. The van der Waals surface area contributed by atoms with E-state index < -0.39 is 0 Å². The van der Waals surface area contributed by atoms with Crippen LogP contribution in [0.25, 0.3) is 0 Å². The van der Waals surface area contributed by atoms with E-state index in [4.69, 9.17) is 4.74 Å². The lowest BCUT2D eigenvalue weighted by atomic mass is 9.86. The normalized spacial score (nSPS) is 17.3. The summed E-state index contributed by atoms with van der Waals surface area (Å²) in [7, 11) is 0. The SMILES string of the molecule is Cc1cc(C)c(C)c(CNCC2(CO)COC2)c1C. The van der Waals surface area contributed by atoms with Gasteiger partial charge in [0.1, 0.15) is 0 Å². The molecule has 1 aromatic rings. The first kappa shape index (κ1) is 14.5. The van der Waals surface area contributed by atoms with E-state index >= 15 is 0 Å². The summed E-state index contributed by atoms with van der Waals surface area (Å²) in [5.74, 6) is 0. The molecule has 0 atom stereocenters. The summed E-state index contributed by atoms with van der Waals surface area (Å²) in [5, 5.41) is 12.9. The molecular formula is C16H25NO2. The maximum Gasteiger partial charge on any atom is 0.0579 e. The maximum absolute atomic E-state index is 9.41. The topological polar surface area (TPSA) is 41.5 Å². The van der Waals surface area contributed by atoms with Crippen molar-refractivity contribution in [2.45, 2.75) is 34.2 Å². The van der Waals surface area contributed by atoms with Crippen LogP contribution in [-0.2, 0) is 11.3 Å². The van der Waals surface area contributed by atoms with E-state index in [-0.39, 0.29) is 12.0 Å². The Morgan fingerprint density at radius 3 is 2.16 bits per heavy atom. The number of rotatable bonds is 5. The van der Waals surface area contributed by atoms with Gasteiger partial charge in [-0.1, -0.05) is 6.07 Å². The van der Waals surface area contributed by atoms with Crippen LogP contribution >= 0.6 is 0 Å². The van der Waals surface area contributed by atoms with E-state index in [0.29, 0.717) is 13.2 Å². The molecule has 1 fully saturated rings. The highest BCUT2D eigenvalue weighted by atomic mass is 16.5. The average Bonchev–Trinajstić information content (AvgIpc) is 2.34. The van der Waals surface area contributed by atoms with E-state index in [1.54, 1.807) is 0 Å². The molecule has 0 amide bonds. The van der Waals surface area contributed by atoms with Gasteiger partial charge < -0.3 is 15.2 Å². The lowest BCUT2D eigenvalue weighted by Gasteiger charge is -2.40. The number of aryl methyl sites for hydroxylation is 2. The van der Waals surface area contributed by atoms with Crippen LogP contribution in [0.3, 0.4) is 0 Å². The Morgan fingerprint density at radius 2 is 1.74 bits per heavy atom. The van der Waals surface area contributed by atoms with Crippen LogP contribution in [0.1, 0.15) is 27.8 Å². The van der Waals surface area contributed by atoms with Crippen molar-refractivity contribution >= 4 is 0 Å². The zero-order chi connectivity index (χ0) is 14.0. The predicted octanol–water partition coefficient (Wildman–Crippen LogP) is 2.02. The quantitative estimate of drug-likeness (QED) is 0.854. The molecule has 1 aliphatic heterocycles. The molecule has 3 nitrogen and oxygen atoms in total. The first-order valence-electron chi connectivity index (χ1n) is 6.95. The number of ether oxygens (including phenoxy) is 1. The molecule has 1 saturated heterocycles. The fraction of sp³-hybridized carbons (Fsp3) is 0.625. The van der Waals surface area contributed by atoms with Gasteiger partial charge in [0.15, 0.2) is 0 Å². The van der Waals surface area contributed by atoms with Gasteiger partial charge in [0.25, 0.3) is 0 Å². The highest BCUT2D eigenvalue weighted by Crippen LogP contribution is 2.26. The summed E-state index contributed by atoms with van der Waals surface area (Å²) in [5.41, 5.74) is 6.79. The molecule has 0 spiro atoms. The second-order valence-corrected chi connectivity index (χ2v) is 5.99. The summed E-state index contributed by atoms with van der Waals surface area (Å²) in [4.78, 5) is 0. The molecule has 1 heterocycles. The standard InChI is InChI=1S/C16H25NO2/c1-11-5-12(2)14(4)15(13(11)3)6-17-7-16(8-18)9-19-10-16/h5,17-18H,6-10H2,1-4H3. The van der Waals surface area contributed by atoms with Crippen molar-refractivity contribution in [2.75, 3.05) is 26.4 Å². The monoisotopic (exact) mass is 263 g/mol. The minimum absolute atomic E-state index is 0.0549. The highest BCUT2D eigenvalue weighted by molar-refractivity contribution is 5.43. The Hall–Kier alpha value is -0.900. The molecule has 0 radical (unpaired) electrons. The molecule has 0 bridgehead atoms. The number of benzene rings is 1. The molecular weight excluding hydrogens is 238 g/mol. The molecule has 2 rings (SSSR count). The third-order valence-corrected chi connectivity index (χ3v) is 4.48. The predicted molar refractivity (Wildman–Crippen MR) is 77.4 cm³/mol. The van der Waals surface area contributed by atoms with Crippen LogP contribution in [0.5, 0.6) is 0 Å². The van der Waals surface area contributed by atoms with Gasteiger partial charge >= 0.3 is 0 Å². The fourth-order valence-corrected chi connectivity index (χ4v) is 2.66. The van der Waals surface area contributed by atoms with Gasteiger partial charge in [0.2, 0.25) is 0 Å². The Kier molecular flexibility index (Phi) is 4.29. The van der Waals surface area contributed by atoms with E-state index in [1.165, 1.54) is 27.8 Å². The second-order valence-electron chi connectivity index (χ2n) is 5.99. The lowest BCUT2D eigenvalue weighted by molar-refractivity contribution is -0.134. The number of aliphatic hydroxyl groups excluding tert-OH is 1. The Morgan fingerprint density at radius 1 is 1.16 bits per heavy atom. The van der Waals surface area contributed by atoms with E-state index in [1.807, 2.05) is 0 Å². The third kappa shape index (κ3) is 2.83. The van der Waals surface area contributed by atoms with Gasteiger partial charge in [-0.15, -0.1) is 0 Å². The number of hydrogen-bond donors (Lipinski definition) is 2. The zero-order valence-electron chi connectivity index (χ0n) is 12.5. The van der Waals surface area contributed by atoms with Gasteiger partial charge in [-0.05, 0) is 55.5 Å². The molecule has 106 valence electrons. The van der Waals surface area contributed by atoms with Crippen molar-refractivity contribution in [2.24, 2.45) is 5.41 Å². The highest BCUT2D eigenvalue weighted by Gasteiger charge is 2.37. The van der Waals surface area contributed by atoms with Gasteiger partial charge in [-0.3, -0.25) is 0 Å². The third-order valence-electron chi connectivity index (χ3n) is 4.48. The van der Waals surface area contributed by atoms with Gasteiger partial charge in [-0.2, -0.15) is 0 Å². The van der Waals surface area contributed by atoms with Crippen LogP contribution in [0, 0.1) is 33.1 Å². The van der Waals surface area contributed by atoms with Gasteiger partial charge in [0, 0.05) is 13.1 Å². The summed E-state index contributed by atoms with van der Waals surface area (Å²) >= 11 is 0. The Labute approximate surface area is 116 Å². The average molecular weight is 263 g/mol. The lowest BCUT2D eigenvalue weighted by Crippen LogP contribution is -2.52. The molecule has 1 aromatic carbocycles.